The van der Waals surface area contributed by atoms with Crippen molar-refractivity contribution in [3.63, 3.8) is 0 Å². The summed E-state index contributed by atoms with van der Waals surface area (Å²) in [5, 5.41) is 20.6. The molecule has 0 spiro atoms. The normalized spacial score (nSPS) is 11.8. The zero-order chi connectivity index (χ0) is 22.7. The minimum absolute atomic E-state index is 0.0906. The summed E-state index contributed by atoms with van der Waals surface area (Å²) >= 11 is 0. The maximum atomic E-state index is 13.7. The first kappa shape index (κ1) is 23.0. The largest absolute Gasteiger partial charge is 0.479 e. The average molecular weight is 419 g/mol. The molecule has 30 heavy (non-hydrogen) atoms. The van der Waals surface area contributed by atoms with Gasteiger partial charge in [-0.05, 0) is 48.7 Å². The fourth-order valence-electron chi connectivity index (χ4n) is 4.33. The van der Waals surface area contributed by atoms with Crippen molar-refractivity contribution in [2.24, 2.45) is 0 Å². The molecule has 0 aromatic heterocycles. The smallest absolute Gasteiger partial charge is 0.342 e. The molecule has 1 amide bonds. The number of carboxylic acids is 2. The summed E-state index contributed by atoms with van der Waals surface area (Å²) in [6, 6.07) is 9.49. The van der Waals surface area contributed by atoms with Crippen molar-refractivity contribution in [2.45, 2.75) is 38.1 Å². The lowest BCUT2D eigenvalue weighted by Crippen LogP contribution is -2.72. The van der Waals surface area contributed by atoms with Crippen molar-refractivity contribution in [1.29, 1.82) is 0 Å². The minimum atomic E-state index is -2.78. The monoisotopic (exact) mass is 419 g/mol. The Hall–Kier alpha value is -3.29. The third-order valence-corrected chi connectivity index (χ3v) is 5.54. The number of aliphatic carboxylic acids is 2. The molecule has 8 heteroatoms. The fraction of sp³-hybridized carbons (Fsp3) is 0.318. The Kier molecular flexibility index (Phi) is 6.60. The van der Waals surface area contributed by atoms with Crippen molar-refractivity contribution < 1.29 is 33.4 Å². The van der Waals surface area contributed by atoms with Gasteiger partial charge in [0.25, 0.3) is 5.54 Å². The van der Waals surface area contributed by atoms with Gasteiger partial charge in [-0.2, -0.15) is 0 Å². The van der Waals surface area contributed by atoms with E-state index in [0.717, 1.165) is 36.1 Å². The van der Waals surface area contributed by atoms with Crippen molar-refractivity contribution in [2.75, 3.05) is 6.54 Å². The van der Waals surface area contributed by atoms with E-state index < -0.39 is 40.4 Å². The van der Waals surface area contributed by atoms with Crippen LogP contribution < -0.4 is 0 Å². The Bertz CT molecular complexity index is 882. The molecule has 0 aliphatic rings. The molecule has 0 unspecified atom stereocenters. The molecule has 0 saturated carbocycles. The maximum absolute atomic E-state index is 13.7. The summed E-state index contributed by atoms with van der Waals surface area (Å²) in [5.74, 6) is -5.48. The van der Waals surface area contributed by atoms with E-state index >= 15 is 0 Å². The van der Waals surface area contributed by atoms with E-state index in [2.05, 4.69) is 0 Å². The summed E-state index contributed by atoms with van der Waals surface area (Å²) in [4.78, 5) is 38.7. The van der Waals surface area contributed by atoms with E-state index in [4.69, 9.17) is 0 Å². The second-order valence-corrected chi connectivity index (χ2v) is 6.86. The predicted molar refractivity (Wildman–Crippen MR) is 105 cm³/mol. The van der Waals surface area contributed by atoms with Crippen LogP contribution in [0.4, 0.5) is 8.78 Å². The molecule has 0 radical (unpaired) electrons. The molecule has 2 N–H and O–H groups in total. The lowest BCUT2D eigenvalue weighted by atomic mass is 9.58. The van der Waals surface area contributed by atoms with Gasteiger partial charge in [0, 0.05) is 13.5 Å². The Morgan fingerprint density at radius 1 is 0.833 bits per heavy atom. The summed E-state index contributed by atoms with van der Waals surface area (Å²) in [7, 11) is 0. The van der Waals surface area contributed by atoms with Crippen molar-refractivity contribution in [3.05, 3.63) is 71.3 Å². The summed E-state index contributed by atoms with van der Waals surface area (Å²) in [6.45, 7) is 3.91. The second kappa shape index (κ2) is 8.61. The zero-order valence-electron chi connectivity index (χ0n) is 16.9. The highest BCUT2D eigenvalue weighted by molar-refractivity contribution is 6.09. The van der Waals surface area contributed by atoms with Gasteiger partial charge in [-0.25, -0.2) is 18.4 Å². The minimum Gasteiger partial charge on any atom is -0.479 e. The third-order valence-electron chi connectivity index (χ3n) is 5.54. The molecule has 0 aliphatic carbocycles. The molecule has 0 aliphatic heterocycles. The van der Waals surface area contributed by atoms with Crippen molar-refractivity contribution in [3.8, 4) is 0 Å². The van der Waals surface area contributed by atoms with Crippen molar-refractivity contribution in [1.82, 2.24) is 4.90 Å². The number of rotatable bonds is 8. The summed E-state index contributed by atoms with van der Waals surface area (Å²) in [6.07, 6.45) is -0.0906. The topological polar surface area (TPSA) is 94.9 Å². The molecule has 0 heterocycles. The highest BCUT2D eigenvalue weighted by atomic mass is 19.1. The Balaban J connectivity index is 3.12. The molecule has 0 saturated heterocycles. The number of amides is 1. The summed E-state index contributed by atoms with van der Waals surface area (Å²) in [5.41, 5.74) is -4.30. The number of carbonyl (C=O) groups excluding carboxylic acids is 1. The Morgan fingerprint density at radius 2 is 1.20 bits per heavy atom. The molecule has 0 bridgehead atoms. The van der Waals surface area contributed by atoms with E-state index in [1.165, 1.54) is 31.2 Å². The van der Waals surface area contributed by atoms with Crippen LogP contribution >= 0.6 is 0 Å². The van der Waals surface area contributed by atoms with Gasteiger partial charge in [-0.3, -0.25) is 4.79 Å². The summed E-state index contributed by atoms with van der Waals surface area (Å²) < 4.78 is 27.3. The number of carboxylic acid groups (broad SMARTS) is 2. The van der Waals surface area contributed by atoms with Gasteiger partial charge >= 0.3 is 11.9 Å². The van der Waals surface area contributed by atoms with Crippen LogP contribution in [0.5, 0.6) is 0 Å². The van der Waals surface area contributed by atoms with E-state index in [-0.39, 0.29) is 24.1 Å². The van der Waals surface area contributed by atoms with Crippen LogP contribution in [-0.4, -0.2) is 45.0 Å². The van der Waals surface area contributed by atoms with E-state index in [0.29, 0.717) is 0 Å². The van der Waals surface area contributed by atoms with Gasteiger partial charge in [0.05, 0.1) is 5.41 Å². The lowest BCUT2D eigenvalue weighted by molar-refractivity contribution is -0.178. The number of carbonyl (C=O) groups is 3. The molecule has 0 fully saturated rings. The van der Waals surface area contributed by atoms with Crippen LogP contribution in [-0.2, 0) is 19.8 Å². The molecular weight excluding hydrogens is 396 g/mol. The average Bonchev–Trinajstić information content (AvgIpc) is 2.69. The Labute approximate surface area is 172 Å². The van der Waals surface area contributed by atoms with Crippen LogP contribution in [0, 0.1) is 11.6 Å². The highest BCUT2D eigenvalue weighted by Crippen LogP contribution is 2.48. The molecule has 2 aromatic carbocycles. The van der Waals surface area contributed by atoms with E-state index in [1.54, 1.807) is 6.92 Å². The van der Waals surface area contributed by atoms with Crippen LogP contribution in [0.25, 0.3) is 0 Å². The number of likely N-dealkylation sites (N-methyl/N-ethyl adjacent to an activating group) is 1. The molecule has 2 aromatic rings. The van der Waals surface area contributed by atoms with Gasteiger partial charge in [0.2, 0.25) is 5.91 Å². The van der Waals surface area contributed by atoms with Crippen LogP contribution in [0.15, 0.2) is 48.5 Å². The van der Waals surface area contributed by atoms with Gasteiger partial charge in [-0.15, -0.1) is 0 Å². The highest BCUT2D eigenvalue weighted by Gasteiger charge is 2.67. The fourth-order valence-corrected chi connectivity index (χ4v) is 4.33. The zero-order valence-corrected chi connectivity index (χ0v) is 16.9. The van der Waals surface area contributed by atoms with Gasteiger partial charge in [0.1, 0.15) is 11.6 Å². The van der Waals surface area contributed by atoms with Crippen LogP contribution in [0.2, 0.25) is 0 Å². The number of hydrogen-bond acceptors (Lipinski definition) is 3. The van der Waals surface area contributed by atoms with E-state index in [1.807, 2.05) is 0 Å². The van der Waals surface area contributed by atoms with Crippen LogP contribution in [0.1, 0.15) is 38.3 Å². The van der Waals surface area contributed by atoms with Gasteiger partial charge < -0.3 is 15.1 Å². The second-order valence-electron chi connectivity index (χ2n) is 6.86. The number of halogens is 2. The first-order valence-corrected chi connectivity index (χ1v) is 9.36. The SMILES string of the molecule is CCN(C(C)=O)C(C(=O)O)(C(=O)O)C(CC)(c1ccc(F)cc1)c1ccc(F)cc1. The first-order valence-electron chi connectivity index (χ1n) is 9.36. The van der Waals surface area contributed by atoms with Gasteiger partial charge in [-0.1, -0.05) is 31.2 Å². The molecule has 2 rings (SSSR count). The predicted octanol–water partition coefficient (Wildman–Crippen LogP) is 3.44. The molecular formula is C22H23F2NO5. The Morgan fingerprint density at radius 3 is 1.43 bits per heavy atom. The molecule has 160 valence electrons. The van der Waals surface area contributed by atoms with Crippen molar-refractivity contribution >= 4 is 17.8 Å². The lowest BCUT2D eigenvalue weighted by Gasteiger charge is -2.50. The number of benzene rings is 2. The third kappa shape index (κ3) is 3.32. The van der Waals surface area contributed by atoms with E-state index in [9.17, 15) is 33.4 Å². The molecule has 0 atom stereocenters. The number of nitrogens with zero attached hydrogens (tertiary/aromatic N) is 1. The molecule has 6 nitrogen and oxygen atoms in total. The maximum Gasteiger partial charge on any atom is 0.342 e. The quantitative estimate of drug-likeness (QED) is 0.639. The van der Waals surface area contributed by atoms with Gasteiger partial charge in [0.15, 0.2) is 0 Å². The first-order chi connectivity index (χ1) is 14.1. The standard InChI is InChI=1S/C22H23F2NO5/c1-4-21(15-6-10-17(23)11-7-15,16-8-12-18(24)13-9-16)22(19(27)28,20(29)30)25(5-2)14(3)26/h6-13H,4-5H2,1-3H3,(H,27,28)(H,29,30). The van der Waals surface area contributed by atoms with Crippen LogP contribution in [0.3, 0.4) is 0 Å². The number of hydrogen-bond donors (Lipinski definition) is 2.